The van der Waals surface area contributed by atoms with E-state index in [0.717, 1.165) is 36.8 Å². The van der Waals surface area contributed by atoms with Gasteiger partial charge in [-0.15, -0.1) is 0 Å². The number of nitrogens with one attached hydrogen (secondary N) is 6. The van der Waals surface area contributed by atoms with Crippen LogP contribution in [0, 0.1) is 57.2 Å². The second-order valence-corrected chi connectivity index (χ2v) is 31.7. The van der Waals surface area contributed by atoms with Crippen molar-refractivity contribution in [2.24, 2.45) is 68.6 Å². The fourth-order valence-corrected chi connectivity index (χ4v) is 14.3. The number of amides is 10. The van der Waals surface area contributed by atoms with Gasteiger partial charge in [0.1, 0.15) is 43.2 Å². The first-order chi connectivity index (χ1) is 44.3. The lowest BCUT2D eigenvalue weighted by molar-refractivity contribution is -0.145. The first kappa shape index (κ1) is 73.1. The molecule has 0 spiro atoms. The molecular formula is C72H102N10O13. The van der Waals surface area contributed by atoms with Crippen molar-refractivity contribution in [3.8, 4) is 0 Å². The number of Topliss-reactive ketones (excluding diaryl/α,β-unsaturated/α-hetero) is 2. The Hall–Kier alpha value is -7.76. The van der Waals surface area contributed by atoms with Crippen LogP contribution < -0.4 is 43.4 Å². The Morgan fingerprint density at radius 2 is 0.905 bits per heavy atom. The fraction of sp³-hybridized carbons (Fsp3) is 0.611. The minimum absolute atomic E-state index is 0.0199. The Bertz CT molecular complexity index is 3320. The van der Waals surface area contributed by atoms with Crippen LogP contribution in [0.1, 0.15) is 164 Å². The Labute approximate surface area is 558 Å². The Morgan fingerprint density at radius 3 is 1.27 bits per heavy atom. The van der Waals surface area contributed by atoms with Gasteiger partial charge in [0.25, 0.3) is 11.8 Å². The number of nitrogens with zero attached hydrogens (tertiary/aromatic N) is 2. The first-order valence-corrected chi connectivity index (χ1v) is 33.3. The van der Waals surface area contributed by atoms with Crippen molar-refractivity contribution < 1.29 is 62.5 Å². The summed E-state index contributed by atoms with van der Waals surface area (Å²) in [6.45, 7) is 27.4. The van der Waals surface area contributed by atoms with E-state index in [0.29, 0.717) is 38.1 Å². The summed E-state index contributed by atoms with van der Waals surface area (Å²) in [5.41, 5.74) is 9.23. The number of aliphatic hydroxyl groups is 1. The second-order valence-electron chi connectivity index (χ2n) is 31.7. The summed E-state index contributed by atoms with van der Waals surface area (Å²) in [4.78, 5) is 135. The number of benzene rings is 3. The number of ether oxygens (including phenoxy) is 2. The van der Waals surface area contributed by atoms with Crippen LogP contribution in [0.2, 0.25) is 0 Å². The highest BCUT2D eigenvalue weighted by Gasteiger charge is 2.71. The molecule has 0 aromatic heterocycles. The van der Waals surface area contributed by atoms with E-state index in [4.69, 9.17) is 20.9 Å². The minimum Gasteiger partial charge on any atom is -0.386 e. The van der Waals surface area contributed by atoms with E-state index >= 15 is 0 Å². The summed E-state index contributed by atoms with van der Waals surface area (Å²) in [5, 5.41) is 28.1. The number of piperidine rings is 2. The molecule has 3 aromatic rings. The van der Waals surface area contributed by atoms with E-state index in [-0.39, 0.29) is 53.1 Å². The predicted molar refractivity (Wildman–Crippen MR) is 355 cm³/mol. The molecule has 2 saturated heterocycles. The molecule has 10 amide bonds. The Balaban J connectivity index is 0.000000248. The third-order valence-electron chi connectivity index (χ3n) is 20.4. The van der Waals surface area contributed by atoms with Crippen LogP contribution in [0.25, 0.3) is 0 Å². The largest absolute Gasteiger partial charge is 0.386 e. The van der Waals surface area contributed by atoms with Crippen LogP contribution in [-0.4, -0.2) is 141 Å². The van der Waals surface area contributed by atoms with Crippen LogP contribution >= 0.6 is 0 Å². The Morgan fingerprint density at radius 1 is 0.537 bits per heavy atom. The van der Waals surface area contributed by atoms with Gasteiger partial charge in [-0.25, -0.2) is 9.59 Å². The SMILES string of the molecule is CC(C)(NC(=O)N[C@H](C(=O)N1CC2C([C@H]1C(=O)NC(CC1CC1)C(=O)C(N)=O)C2(C)C)C(C)(C)C)C(O)c1ccccc1.CC(C)(NC(=O)N[C@H](C(=O)N1CC2C([C@H]1C(=O)NC(CC1CC1)C(=O)C(N)=O)C2(C)C)C(C)(C)C)C(OCOCc1ccccc1)c1ccccc1. The van der Waals surface area contributed by atoms with E-state index in [9.17, 15) is 53.1 Å². The van der Waals surface area contributed by atoms with Crippen LogP contribution in [0.15, 0.2) is 91.0 Å². The monoisotopic (exact) mass is 1310 g/mol. The molecule has 2 aliphatic heterocycles. The maximum atomic E-state index is 14.5. The summed E-state index contributed by atoms with van der Waals surface area (Å²) in [7, 11) is 0. The fourth-order valence-electron chi connectivity index (χ4n) is 14.3. The van der Waals surface area contributed by atoms with Crippen molar-refractivity contribution in [3.05, 3.63) is 108 Å². The van der Waals surface area contributed by atoms with Crippen molar-refractivity contribution in [3.63, 3.8) is 0 Å². The summed E-state index contributed by atoms with van der Waals surface area (Å²) >= 11 is 0. The highest BCUT2D eigenvalue weighted by atomic mass is 16.7. The van der Waals surface area contributed by atoms with Gasteiger partial charge in [0.2, 0.25) is 35.2 Å². The normalized spacial score (nSPS) is 23.4. The molecular weight excluding hydrogens is 1210 g/mol. The zero-order chi connectivity index (χ0) is 70.1. The number of carbonyl (C=O) groups is 10. The number of fused-ring (bicyclic) bond motifs is 2. The lowest BCUT2D eigenvalue weighted by atomic mass is 9.85. The number of carbonyl (C=O) groups excluding carboxylic acids is 10. The number of urea groups is 2. The van der Waals surface area contributed by atoms with Gasteiger partial charge in [-0.05, 0) is 114 Å². The molecule has 11 N–H and O–H groups in total. The van der Waals surface area contributed by atoms with Crippen LogP contribution in [0.4, 0.5) is 9.59 Å². The zero-order valence-corrected chi connectivity index (χ0v) is 57.7. The van der Waals surface area contributed by atoms with Gasteiger partial charge in [-0.3, -0.25) is 38.4 Å². The van der Waals surface area contributed by atoms with Crippen molar-refractivity contribution in [1.29, 1.82) is 0 Å². The minimum atomic E-state index is -1.10. The van der Waals surface area contributed by atoms with E-state index in [2.05, 4.69) is 45.7 Å². The van der Waals surface area contributed by atoms with Gasteiger partial charge in [0, 0.05) is 13.1 Å². The number of hydrogen-bond acceptors (Lipinski definition) is 13. The topological polar surface area (TPSA) is 340 Å². The van der Waals surface area contributed by atoms with E-state index in [1.54, 1.807) is 43.0 Å². The van der Waals surface area contributed by atoms with Crippen molar-refractivity contribution in [2.75, 3.05) is 19.9 Å². The molecule has 6 aliphatic rings. The number of nitrogens with two attached hydrogens (primary N) is 2. The molecule has 12 atom stereocenters. The molecule has 518 valence electrons. The highest BCUT2D eigenvalue weighted by Crippen LogP contribution is 2.66. The molecule has 23 nitrogen and oxygen atoms in total. The maximum Gasteiger partial charge on any atom is 0.315 e. The number of aliphatic hydroxyl groups excluding tert-OH is 1. The first-order valence-electron chi connectivity index (χ1n) is 33.3. The third kappa shape index (κ3) is 17.5. The molecule has 3 aromatic carbocycles. The van der Waals surface area contributed by atoms with Crippen LogP contribution in [-0.2, 0) is 54.4 Å². The number of rotatable bonds is 27. The van der Waals surface area contributed by atoms with Crippen LogP contribution in [0.3, 0.4) is 0 Å². The lowest BCUT2D eigenvalue weighted by Crippen LogP contribution is -2.63. The number of primary amides is 2. The molecule has 0 radical (unpaired) electrons. The molecule has 23 heteroatoms. The van der Waals surface area contributed by atoms with Crippen molar-refractivity contribution in [2.45, 2.75) is 202 Å². The summed E-state index contributed by atoms with van der Waals surface area (Å²) in [6, 6.07) is 21.3. The van der Waals surface area contributed by atoms with Gasteiger partial charge in [0.05, 0.1) is 29.8 Å². The van der Waals surface area contributed by atoms with E-state index < -0.39 is 129 Å². The third-order valence-corrected chi connectivity index (χ3v) is 20.4. The van der Waals surface area contributed by atoms with E-state index in [1.165, 1.54) is 4.90 Å². The van der Waals surface area contributed by atoms with E-state index in [1.807, 2.05) is 136 Å². The second kappa shape index (κ2) is 28.5. The quantitative estimate of drug-likeness (QED) is 0.0231. The van der Waals surface area contributed by atoms with Gasteiger partial charge in [-0.1, -0.05) is 186 Å². The smallest absolute Gasteiger partial charge is 0.315 e. The van der Waals surface area contributed by atoms with Gasteiger partial charge >= 0.3 is 12.1 Å². The standard InChI is InChI=1S/C40H55N5O7.C32H47N5O6/c1-38(2,3)32(36(49)45-21-27-29(39(27,4)5)30(45)35(48)42-28(20-24-18-19-24)31(46)34(41)47)43-37(50)44-40(6,7)33(26-16-12-9-13-17-26)52-23-51-22-25-14-10-8-11-15-25;1-30(2,3)24(35-29(43)36-32(6,7)25(39)18-11-9-8-10-12-18)28(42)37-16-19-21(31(19,4)5)22(37)27(41)34-20(15-17-13-14-17)23(38)26(33)40/h8-17,24,27-30,32-33H,18-23H2,1-7H3,(H2,41,47)(H,42,48)(H2,43,44,50);8-12,17,19-22,24-25,39H,13-16H2,1-7H3,(H2,33,40)(H,34,41)(H2,35,36,43)/t27?,28?,29?,30-,32+,33?;19?,20?,21?,22-,24+,25?/m00/s1. The van der Waals surface area contributed by atoms with Gasteiger partial charge in [-0.2, -0.15) is 0 Å². The summed E-state index contributed by atoms with van der Waals surface area (Å²) < 4.78 is 12.1. The molecule has 2 heterocycles. The average molecular weight is 1320 g/mol. The van der Waals surface area contributed by atoms with Gasteiger partial charge < -0.3 is 67.7 Å². The molecule has 9 rings (SSSR count). The highest BCUT2D eigenvalue weighted by molar-refractivity contribution is 6.38. The lowest BCUT2D eigenvalue weighted by Gasteiger charge is -2.39. The van der Waals surface area contributed by atoms with Gasteiger partial charge in [0.15, 0.2) is 0 Å². The zero-order valence-electron chi connectivity index (χ0n) is 57.7. The molecule has 6 fully saturated rings. The summed E-state index contributed by atoms with van der Waals surface area (Å²) in [6.07, 6.45) is 2.74. The molecule has 8 unspecified atom stereocenters. The molecule has 95 heavy (non-hydrogen) atoms. The predicted octanol–water partition coefficient (Wildman–Crippen LogP) is 6.27. The molecule has 0 bridgehead atoms. The summed E-state index contributed by atoms with van der Waals surface area (Å²) in [5.74, 6) is -5.27. The average Bonchev–Trinajstić information content (AvgIpc) is 1.53. The van der Waals surface area contributed by atoms with Crippen molar-refractivity contribution in [1.82, 2.24) is 41.7 Å². The molecule has 4 saturated carbocycles. The molecule has 4 aliphatic carbocycles. The van der Waals surface area contributed by atoms with Crippen LogP contribution in [0.5, 0.6) is 0 Å². The Kier molecular flexibility index (Phi) is 21.9. The number of hydrogen-bond donors (Lipinski definition) is 9. The van der Waals surface area contributed by atoms with Crippen molar-refractivity contribution >= 4 is 59.1 Å². The maximum absolute atomic E-state index is 14.5. The number of likely N-dealkylation sites (tertiary alicyclic amines) is 2. The number of ketones is 2.